The molecule has 0 bridgehead atoms. The molecule has 24 heavy (non-hydrogen) atoms. The SMILES string of the molecule is CCCCC(=O)NC(=O)C(N)(CCCC)N1CC(CCC)CC1=O. The average Bonchev–Trinajstić information content (AvgIpc) is 2.92. The zero-order valence-corrected chi connectivity index (χ0v) is 15.4. The number of carbonyl (C=O) groups is 3. The molecule has 2 atom stereocenters. The fourth-order valence-electron chi connectivity index (χ4n) is 3.22. The van der Waals surface area contributed by atoms with E-state index >= 15 is 0 Å². The smallest absolute Gasteiger partial charge is 0.267 e. The summed E-state index contributed by atoms with van der Waals surface area (Å²) in [4.78, 5) is 38.5. The molecule has 1 aliphatic rings. The monoisotopic (exact) mass is 339 g/mol. The van der Waals surface area contributed by atoms with E-state index in [1.807, 2.05) is 13.8 Å². The number of amides is 3. The minimum absolute atomic E-state index is 0.0804. The molecule has 3 N–H and O–H groups in total. The summed E-state index contributed by atoms with van der Waals surface area (Å²) >= 11 is 0. The maximum Gasteiger partial charge on any atom is 0.267 e. The fraction of sp³-hybridized carbons (Fsp3) is 0.833. The van der Waals surface area contributed by atoms with Crippen LogP contribution in [-0.2, 0) is 14.4 Å². The van der Waals surface area contributed by atoms with Crippen molar-refractivity contribution in [3.8, 4) is 0 Å². The number of rotatable bonds is 10. The lowest BCUT2D eigenvalue weighted by Crippen LogP contribution is -2.66. The Morgan fingerprint density at radius 2 is 1.88 bits per heavy atom. The first kappa shape index (κ1) is 20.6. The third-order valence-corrected chi connectivity index (χ3v) is 4.70. The number of carbonyl (C=O) groups excluding carboxylic acids is 3. The van der Waals surface area contributed by atoms with Crippen LogP contribution in [0.2, 0.25) is 0 Å². The average molecular weight is 339 g/mol. The third kappa shape index (κ3) is 5.30. The van der Waals surface area contributed by atoms with Crippen molar-refractivity contribution in [1.82, 2.24) is 10.2 Å². The first-order valence-electron chi connectivity index (χ1n) is 9.32. The minimum Gasteiger partial charge on any atom is -0.316 e. The van der Waals surface area contributed by atoms with E-state index in [1.165, 1.54) is 4.90 Å². The van der Waals surface area contributed by atoms with Crippen molar-refractivity contribution in [3.63, 3.8) is 0 Å². The predicted octanol–water partition coefficient (Wildman–Crippen LogP) is 2.31. The van der Waals surface area contributed by atoms with E-state index in [0.717, 1.165) is 38.5 Å². The molecule has 0 spiro atoms. The van der Waals surface area contributed by atoms with Crippen LogP contribution in [0.3, 0.4) is 0 Å². The Kier molecular flexibility index (Phi) is 8.39. The van der Waals surface area contributed by atoms with Gasteiger partial charge in [0.2, 0.25) is 11.8 Å². The zero-order valence-electron chi connectivity index (χ0n) is 15.4. The molecule has 6 nitrogen and oxygen atoms in total. The Bertz CT molecular complexity index is 453. The van der Waals surface area contributed by atoms with Crippen LogP contribution < -0.4 is 11.1 Å². The maximum absolute atomic E-state index is 12.7. The molecule has 0 aliphatic carbocycles. The summed E-state index contributed by atoms with van der Waals surface area (Å²) in [6.07, 6.45) is 6.28. The van der Waals surface area contributed by atoms with Gasteiger partial charge >= 0.3 is 0 Å². The standard InChI is InChI=1S/C18H33N3O3/c1-4-7-10-15(22)20-17(24)18(19,11-8-5-2)21-13-14(9-6-3)12-16(21)23/h14H,4-13,19H2,1-3H3,(H,20,22,24). The highest BCUT2D eigenvalue weighted by Crippen LogP contribution is 2.29. The third-order valence-electron chi connectivity index (χ3n) is 4.70. The van der Waals surface area contributed by atoms with E-state index < -0.39 is 11.6 Å². The number of nitrogens with one attached hydrogen (secondary N) is 1. The molecule has 0 aromatic carbocycles. The summed E-state index contributed by atoms with van der Waals surface area (Å²) < 4.78 is 0. The predicted molar refractivity (Wildman–Crippen MR) is 93.8 cm³/mol. The highest BCUT2D eigenvalue weighted by Gasteiger charge is 2.46. The van der Waals surface area contributed by atoms with E-state index in [0.29, 0.717) is 25.8 Å². The molecule has 0 aromatic heterocycles. The van der Waals surface area contributed by atoms with Gasteiger partial charge in [0.25, 0.3) is 5.91 Å². The van der Waals surface area contributed by atoms with Crippen LogP contribution in [0.25, 0.3) is 0 Å². The quantitative estimate of drug-likeness (QED) is 0.639. The topological polar surface area (TPSA) is 92.5 Å². The van der Waals surface area contributed by atoms with E-state index in [9.17, 15) is 14.4 Å². The highest BCUT2D eigenvalue weighted by molar-refractivity contribution is 6.01. The second kappa shape index (κ2) is 9.77. The first-order chi connectivity index (χ1) is 11.4. The van der Waals surface area contributed by atoms with Crippen LogP contribution >= 0.6 is 0 Å². The van der Waals surface area contributed by atoms with Crippen LogP contribution in [-0.4, -0.2) is 34.8 Å². The van der Waals surface area contributed by atoms with Gasteiger partial charge in [-0.3, -0.25) is 19.7 Å². The van der Waals surface area contributed by atoms with Gasteiger partial charge in [-0.1, -0.05) is 40.0 Å². The summed E-state index contributed by atoms with van der Waals surface area (Å²) in [5.41, 5.74) is 4.98. The lowest BCUT2D eigenvalue weighted by Gasteiger charge is -2.37. The molecule has 1 heterocycles. The Balaban J connectivity index is 2.86. The van der Waals surface area contributed by atoms with Gasteiger partial charge in [0, 0.05) is 19.4 Å². The second-order valence-electron chi connectivity index (χ2n) is 6.87. The normalized spacial score (nSPS) is 20.1. The van der Waals surface area contributed by atoms with Gasteiger partial charge in [0.05, 0.1) is 0 Å². The first-order valence-corrected chi connectivity index (χ1v) is 9.32. The maximum atomic E-state index is 12.7. The lowest BCUT2D eigenvalue weighted by atomic mass is 9.99. The largest absolute Gasteiger partial charge is 0.316 e. The molecule has 1 aliphatic heterocycles. The Labute approximate surface area is 145 Å². The number of unbranched alkanes of at least 4 members (excludes halogenated alkanes) is 2. The number of hydrogen-bond donors (Lipinski definition) is 2. The van der Waals surface area contributed by atoms with E-state index in [-0.39, 0.29) is 17.7 Å². The van der Waals surface area contributed by atoms with Crippen molar-refractivity contribution in [3.05, 3.63) is 0 Å². The van der Waals surface area contributed by atoms with Crippen molar-refractivity contribution < 1.29 is 14.4 Å². The Morgan fingerprint density at radius 3 is 2.46 bits per heavy atom. The minimum atomic E-state index is -1.42. The van der Waals surface area contributed by atoms with Crippen molar-refractivity contribution in [2.24, 2.45) is 11.7 Å². The molecule has 0 radical (unpaired) electrons. The van der Waals surface area contributed by atoms with E-state index in [4.69, 9.17) is 5.73 Å². The highest BCUT2D eigenvalue weighted by atomic mass is 16.2. The van der Waals surface area contributed by atoms with E-state index in [1.54, 1.807) is 0 Å². The second-order valence-corrected chi connectivity index (χ2v) is 6.87. The van der Waals surface area contributed by atoms with Gasteiger partial charge in [0.1, 0.15) is 0 Å². The molecular formula is C18H33N3O3. The molecule has 1 fully saturated rings. The van der Waals surface area contributed by atoms with Gasteiger partial charge in [-0.2, -0.15) is 0 Å². The Hall–Kier alpha value is -1.43. The molecule has 2 unspecified atom stereocenters. The van der Waals surface area contributed by atoms with Crippen molar-refractivity contribution >= 4 is 17.7 Å². The molecular weight excluding hydrogens is 306 g/mol. The molecule has 3 amide bonds. The molecule has 0 aromatic rings. The van der Waals surface area contributed by atoms with Crippen LogP contribution in [0.1, 0.15) is 78.6 Å². The number of nitrogens with two attached hydrogens (primary N) is 1. The van der Waals surface area contributed by atoms with Gasteiger partial charge in [-0.05, 0) is 31.6 Å². The van der Waals surface area contributed by atoms with Crippen LogP contribution in [0, 0.1) is 5.92 Å². The number of likely N-dealkylation sites (tertiary alicyclic amines) is 1. The lowest BCUT2D eigenvalue weighted by molar-refractivity contribution is -0.147. The summed E-state index contributed by atoms with van der Waals surface area (Å²) in [7, 11) is 0. The number of imide groups is 1. The molecule has 6 heteroatoms. The Morgan fingerprint density at radius 1 is 1.21 bits per heavy atom. The molecule has 0 saturated carbocycles. The van der Waals surface area contributed by atoms with Crippen LogP contribution in [0.5, 0.6) is 0 Å². The van der Waals surface area contributed by atoms with Gasteiger partial charge in [-0.25, -0.2) is 0 Å². The van der Waals surface area contributed by atoms with Crippen molar-refractivity contribution in [2.45, 2.75) is 84.2 Å². The van der Waals surface area contributed by atoms with Gasteiger partial charge in [0.15, 0.2) is 5.66 Å². The molecule has 138 valence electrons. The van der Waals surface area contributed by atoms with Crippen LogP contribution in [0.4, 0.5) is 0 Å². The summed E-state index contributed by atoms with van der Waals surface area (Å²) in [6.45, 7) is 6.58. The molecule has 1 saturated heterocycles. The van der Waals surface area contributed by atoms with Crippen LogP contribution in [0.15, 0.2) is 0 Å². The number of hydrogen-bond acceptors (Lipinski definition) is 4. The summed E-state index contributed by atoms with van der Waals surface area (Å²) in [5, 5.41) is 2.41. The molecule has 1 rings (SSSR count). The van der Waals surface area contributed by atoms with Gasteiger partial charge in [-0.15, -0.1) is 0 Å². The number of nitrogens with zero attached hydrogens (tertiary/aromatic N) is 1. The van der Waals surface area contributed by atoms with Crippen molar-refractivity contribution in [2.75, 3.05) is 6.54 Å². The summed E-state index contributed by atoms with van der Waals surface area (Å²) in [5.74, 6) is -0.689. The van der Waals surface area contributed by atoms with Crippen molar-refractivity contribution in [1.29, 1.82) is 0 Å². The zero-order chi connectivity index (χ0) is 18.2. The fourth-order valence-corrected chi connectivity index (χ4v) is 3.22. The summed E-state index contributed by atoms with van der Waals surface area (Å²) in [6, 6.07) is 0. The van der Waals surface area contributed by atoms with Gasteiger partial charge < -0.3 is 10.6 Å². The van der Waals surface area contributed by atoms with E-state index in [2.05, 4.69) is 12.2 Å².